The molecule has 0 heterocycles. The first kappa shape index (κ1) is 15.9. The molecule has 0 bridgehead atoms. The van der Waals surface area contributed by atoms with Crippen molar-refractivity contribution in [2.24, 2.45) is 5.92 Å². The van der Waals surface area contributed by atoms with E-state index >= 15 is 0 Å². The fourth-order valence-electron chi connectivity index (χ4n) is 2.48. The predicted octanol–water partition coefficient (Wildman–Crippen LogP) is 4.89. The molecule has 2 heteroatoms. The maximum Gasteiger partial charge on any atom is 0.122 e. The Morgan fingerprint density at radius 1 is 1.26 bits per heavy atom. The highest BCUT2D eigenvalue weighted by Crippen LogP contribution is 2.37. The summed E-state index contributed by atoms with van der Waals surface area (Å²) in [5, 5.41) is 9.82. The number of rotatable bonds is 7. The number of ether oxygens (including phenoxy) is 1. The van der Waals surface area contributed by atoms with Gasteiger partial charge in [-0.2, -0.15) is 0 Å². The standard InChI is InChI=1S/C17H28O2/c1-6-17(4,9-7-8-13(2)3)14-10-15(18)12-16(11-14)19-5/h10-13,18H,6-9H2,1-5H3. The van der Waals surface area contributed by atoms with E-state index in [-0.39, 0.29) is 11.2 Å². The van der Waals surface area contributed by atoms with Crippen LogP contribution in [0, 0.1) is 5.92 Å². The summed E-state index contributed by atoms with van der Waals surface area (Å²) in [5.41, 5.74) is 1.29. The maximum absolute atomic E-state index is 9.82. The highest BCUT2D eigenvalue weighted by molar-refractivity contribution is 5.41. The third-order valence-electron chi connectivity index (χ3n) is 4.11. The minimum Gasteiger partial charge on any atom is -0.508 e. The van der Waals surface area contributed by atoms with Crippen molar-refractivity contribution in [3.63, 3.8) is 0 Å². The molecule has 1 atom stereocenters. The average Bonchev–Trinajstić information content (AvgIpc) is 2.37. The number of aromatic hydroxyl groups is 1. The first-order valence-electron chi connectivity index (χ1n) is 7.30. The molecule has 108 valence electrons. The van der Waals surface area contributed by atoms with Crippen molar-refractivity contribution in [3.05, 3.63) is 23.8 Å². The summed E-state index contributed by atoms with van der Waals surface area (Å²) >= 11 is 0. The molecule has 0 aliphatic rings. The molecule has 0 aliphatic carbocycles. The molecule has 2 nitrogen and oxygen atoms in total. The molecule has 0 fully saturated rings. The normalized spacial score (nSPS) is 14.4. The Kier molecular flexibility index (Phi) is 5.71. The van der Waals surface area contributed by atoms with Crippen LogP contribution in [0.4, 0.5) is 0 Å². The van der Waals surface area contributed by atoms with Crippen molar-refractivity contribution in [1.29, 1.82) is 0 Å². The van der Waals surface area contributed by atoms with Gasteiger partial charge in [-0.1, -0.05) is 40.5 Å². The van der Waals surface area contributed by atoms with Crippen LogP contribution in [0.2, 0.25) is 0 Å². The largest absolute Gasteiger partial charge is 0.508 e. The van der Waals surface area contributed by atoms with Gasteiger partial charge in [0.15, 0.2) is 0 Å². The van der Waals surface area contributed by atoms with E-state index in [1.54, 1.807) is 13.2 Å². The zero-order valence-electron chi connectivity index (χ0n) is 13.0. The molecule has 0 saturated carbocycles. The van der Waals surface area contributed by atoms with Crippen molar-refractivity contribution >= 4 is 0 Å². The summed E-state index contributed by atoms with van der Waals surface area (Å²) in [6.07, 6.45) is 4.69. The third-order valence-corrected chi connectivity index (χ3v) is 4.11. The van der Waals surface area contributed by atoms with Crippen LogP contribution in [-0.4, -0.2) is 12.2 Å². The summed E-state index contributed by atoms with van der Waals surface area (Å²) in [5.74, 6) is 1.77. The Bertz CT molecular complexity index is 398. The number of phenolic OH excluding ortho intramolecular Hbond substituents is 1. The molecule has 0 amide bonds. The number of phenols is 1. The molecule has 1 rings (SSSR count). The highest BCUT2D eigenvalue weighted by Gasteiger charge is 2.25. The van der Waals surface area contributed by atoms with Gasteiger partial charge in [-0.15, -0.1) is 0 Å². The minimum absolute atomic E-state index is 0.112. The Labute approximate surface area is 117 Å². The van der Waals surface area contributed by atoms with Gasteiger partial charge < -0.3 is 9.84 Å². The number of hydrogen-bond acceptors (Lipinski definition) is 2. The van der Waals surface area contributed by atoms with E-state index in [0.717, 1.165) is 24.5 Å². The summed E-state index contributed by atoms with van der Waals surface area (Å²) in [7, 11) is 1.64. The summed E-state index contributed by atoms with van der Waals surface area (Å²) in [6.45, 7) is 9.02. The highest BCUT2D eigenvalue weighted by atomic mass is 16.5. The molecule has 1 aromatic rings. The molecule has 1 aromatic carbocycles. The van der Waals surface area contributed by atoms with Gasteiger partial charge in [-0.05, 0) is 41.9 Å². The van der Waals surface area contributed by atoms with Crippen molar-refractivity contribution in [1.82, 2.24) is 0 Å². The molecule has 0 saturated heterocycles. The third kappa shape index (κ3) is 4.45. The van der Waals surface area contributed by atoms with Crippen molar-refractivity contribution in [2.45, 2.75) is 58.8 Å². The van der Waals surface area contributed by atoms with Crippen LogP contribution in [0.15, 0.2) is 18.2 Å². The zero-order chi connectivity index (χ0) is 14.5. The lowest BCUT2D eigenvalue weighted by atomic mass is 9.75. The molecular weight excluding hydrogens is 236 g/mol. The van der Waals surface area contributed by atoms with E-state index in [1.807, 2.05) is 6.07 Å². The van der Waals surface area contributed by atoms with E-state index in [2.05, 4.69) is 33.8 Å². The lowest BCUT2D eigenvalue weighted by Gasteiger charge is -2.30. The molecule has 1 N–H and O–H groups in total. The Balaban J connectivity index is 2.90. The van der Waals surface area contributed by atoms with Gasteiger partial charge >= 0.3 is 0 Å². The van der Waals surface area contributed by atoms with Gasteiger partial charge in [0.05, 0.1) is 7.11 Å². The van der Waals surface area contributed by atoms with E-state index < -0.39 is 0 Å². The van der Waals surface area contributed by atoms with Crippen molar-refractivity contribution in [3.8, 4) is 11.5 Å². The van der Waals surface area contributed by atoms with Crippen molar-refractivity contribution in [2.75, 3.05) is 7.11 Å². The van der Waals surface area contributed by atoms with Crippen LogP contribution < -0.4 is 4.74 Å². The lowest BCUT2D eigenvalue weighted by molar-refractivity contribution is 0.372. The second-order valence-corrected chi connectivity index (χ2v) is 6.12. The minimum atomic E-state index is 0.112. The lowest BCUT2D eigenvalue weighted by Crippen LogP contribution is -2.21. The van der Waals surface area contributed by atoms with Crippen molar-refractivity contribution < 1.29 is 9.84 Å². The fraction of sp³-hybridized carbons (Fsp3) is 0.647. The average molecular weight is 264 g/mol. The van der Waals surface area contributed by atoms with Crippen LogP contribution in [0.1, 0.15) is 58.9 Å². The monoisotopic (exact) mass is 264 g/mol. The van der Waals surface area contributed by atoms with Gasteiger partial charge in [-0.3, -0.25) is 0 Å². The maximum atomic E-state index is 9.82. The van der Waals surface area contributed by atoms with E-state index in [4.69, 9.17) is 4.74 Å². The Morgan fingerprint density at radius 3 is 2.47 bits per heavy atom. The van der Waals surface area contributed by atoms with Crippen LogP contribution in [-0.2, 0) is 5.41 Å². The van der Waals surface area contributed by atoms with E-state index in [1.165, 1.54) is 18.4 Å². The van der Waals surface area contributed by atoms with Gasteiger partial charge in [0.2, 0.25) is 0 Å². The Morgan fingerprint density at radius 2 is 1.95 bits per heavy atom. The smallest absolute Gasteiger partial charge is 0.122 e. The summed E-state index contributed by atoms with van der Waals surface area (Å²) in [6, 6.07) is 5.59. The fourth-order valence-corrected chi connectivity index (χ4v) is 2.48. The summed E-state index contributed by atoms with van der Waals surface area (Å²) < 4.78 is 5.26. The van der Waals surface area contributed by atoms with Crippen LogP contribution in [0.3, 0.4) is 0 Å². The number of methoxy groups -OCH3 is 1. The van der Waals surface area contributed by atoms with Crippen LogP contribution in [0.25, 0.3) is 0 Å². The molecule has 19 heavy (non-hydrogen) atoms. The van der Waals surface area contributed by atoms with Gasteiger partial charge in [-0.25, -0.2) is 0 Å². The van der Waals surface area contributed by atoms with E-state index in [9.17, 15) is 5.11 Å². The van der Waals surface area contributed by atoms with Gasteiger partial charge in [0.25, 0.3) is 0 Å². The topological polar surface area (TPSA) is 29.5 Å². The van der Waals surface area contributed by atoms with Crippen LogP contribution in [0.5, 0.6) is 11.5 Å². The second kappa shape index (κ2) is 6.83. The van der Waals surface area contributed by atoms with E-state index in [0.29, 0.717) is 0 Å². The molecule has 1 unspecified atom stereocenters. The first-order chi connectivity index (χ1) is 8.91. The molecule has 0 aliphatic heterocycles. The second-order valence-electron chi connectivity index (χ2n) is 6.12. The summed E-state index contributed by atoms with van der Waals surface area (Å²) in [4.78, 5) is 0. The molecular formula is C17H28O2. The molecule has 0 radical (unpaired) electrons. The zero-order valence-corrected chi connectivity index (χ0v) is 13.0. The molecule has 0 spiro atoms. The first-order valence-corrected chi connectivity index (χ1v) is 7.30. The SMILES string of the molecule is CCC(C)(CCCC(C)C)c1cc(O)cc(OC)c1. The Hall–Kier alpha value is -1.18. The molecule has 0 aromatic heterocycles. The van der Waals surface area contributed by atoms with Gasteiger partial charge in [0, 0.05) is 6.07 Å². The number of hydrogen-bond donors (Lipinski definition) is 1. The number of benzene rings is 1. The van der Waals surface area contributed by atoms with Gasteiger partial charge in [0.1, 0.15) is 11.5 Å². The van der Waals surface area contributed by atoms with Crippen LogP contribution >= 0.6 is 0 Å². The predicted molar refractivity (Wildman–Crippen MR) is 81.0 cm³/mol. The quantitative estimate of drug-likeness (QED) is 0.759.